The van der Waals surface area contributed by atoms with Crippen molar-refractivity contribution in [3.63, 3.8) is 0 Å². The van der Waals surface area contributed by atoms with Gasteiger partial charge in [-0.2, -0.15) is 18.2 Å². The number of ether oxygens (including phenoxy) is 1. The van der Waals surface area contributed by atoms with E-state index in [-0.39, 0.29) is 11.6 Å². The van der Waals surface area contributed by atoms with Crippen LogP contribution in [-0.4, -0.2) is 44.3 Å². The molecule has 1 saturated heterocycles. The molecule has 3 aromatic heterocycles. The van der Waals surface area contributed by atoms with Gasteiger partial charge in [-0.15, -0.1) is 10.2 Å². The molecule has 32 heavy (non-hydrogen) atoms. The molecule has 4 heterocycles. The molecule has 1 aliphatic heterocycles. The van der Waals surface area contributed by atoms with Crippen LogP contribution < -0.4 is 9.64 Å². The van der Waals surface area contributed by atoms with E-state index in [9.17, 15) is 13.2 Å². The molecule has 170 valence electrons. The summed E-state index contributed by atoms with van der Waals surface area (Å²) in [6.07, 6.45) is 0.568. The van der Waals surface area contributed by atoms with Gasteiger partial charge in [0, 0.05) is 31.1 Å². The highest BCUT2D eigenvalue weighted by Crippen LogP contribution is 2.38. The lowest BCUT2D eigenvalue weighted by Crippen LogP contribution is -2.22. The Labute approximate surface area is 187 Å². The van der Waals surface area contributed by atoms with Crippen LogP contribution in [-0.2, 0) is 12.6 Å². The Kier molecular flexibility index (Phi) is 5.35. The Morgan fingerprint density at radius 3 is 2.72 bits per heavy atom. The maximum atomic E-state index is 13.6. The van der Waals surface area contributed by atoms with Crippen molar-refractivity contribution in [1.29, 1.82) is 0 Å². The lowest BCUT2D eigenvalue weighted by molar-refractivity contribution is -0.136. The lowest BCUT2D eigenvalue weighted by atomic mass is 10.0. The fourth-order valence-corrected chi connectivity index (χ4v) is 4.39. The van der Waals surface area contributed by atoms with E-state index in [0.717, 1.165) is 31.0 Å². The second kappa shape index (κ2) is 8.06. The standard InChI is InChI=1S/C21H22ClF3N6O/c1-2-32-19-15(22)10-26-20(27-19)30-8-7-13(11-30)16-6-5-14(21(23,24)25)18-29-28-17(31(16)18)9-12-3-4-12/h5-6,10,12-13H,2-4,7-9,11H2,1H3/t13-/m0/s1. The van der Waals surface area contributed by atoms with Crippen LogP contribution in [0.15, 0.2) is 18.3 Å². The van der Waals surface area contributed by atoms with E-state index in [1.165, 1.54) is 6.20 Å². The van der Waals surface area contributed by atoms with Gasteiger partial charge in [0.05, 0.1) is 12.8 Å². The predicted octanol–water partition coefficient (Wildman–Crippen LogP) is 4.54. The molecule has 7 nitrogen and oxygen atoms in total. The normalized spacial score (nSPS) is 19.2. The van der Waals surface area contributed by atoms with Crippen LogP contribution in [0, 0.1) is 5.92 Å². The minimum absolute atomic E-state index is 0.0106. The van der Waals surface area contributed by atoms with Crippen molar-refractivity contribution in [2.24, 2.45) is 5.92 Å². The number of rotatable bonds is 6. The third kappa shape index (κ3) is 3.96. The van der Waals surface area contributed by atoms with Gasteiger partial charge < -0.3 is 9.64 Å². The van der Waals surface area contributed by atoms with Gasteiger partial charge in [0.25, 0.3) is 0 Å². The Hall–Kier alpha value is -2.62. The highest BCUT2D eigenvalue weighted by atomic mass is 35.5. The summed E-state index contributed by atoms with van der Waals surface area (Å²) in [6.45, 7) is 3.51. The molecule has 0 bridgehead atoms. The molecule has 0 unspecified atom stereocenters. The van der Waals surface area contributed by atoms with Crippen LogP contribution in [0.25, 0.3) is 5.65 Å². The lowest BCUT2D eigenvalue weighted by Gasteiger charge is -2.19. The zero-order valence-corrected chi connectivity index (χ0v) is 18.2. The maximum absolute atomic E-state index is 13.6. The molecule has 2 aliphatic rings. The summed E-state index contributed by atoms with van der Waals surface area (Å²) in [7, 11) is 0. The van der Waals surface area contributed by atoms with E-state index in [1.54, 1.807) is 10.5 Å². The monoisotopic (exact) mass is 466 g/mol. The van der Waals surface area contributed by atoms with Crippen LogP contribution in [0.1, 0.15) is 49.2 Å². The quantitative estimate of drug-likeness (QED) is 0.531. The molecule has 0 radical (unpaired) electrons. The third-order valence-corrected chi connectivity index (χ3v) is 6.25. The summed E-state index contributed by atoms with van der Waals surface area (Å²) in [4.78, 5) is 10.7. The Morgan fingerprint density at radius 2 is 2.00 bits per heavy atom. The first-order chi connectivity index (χ1) is 15.3. The fourth-order valence-electron chi connectivity index (χ4n) is 4.25. The van der Waals surface area contributed by atoms with Gasteiger partial charge in [-0.05, 0) is 44.2 Å². The summed E-state index contributed by atoms with van der Waals surface area (Å²) >= 11 is 6.10. The minimum Gasteiger partial charge on any atom is -0.477 e. The van der Waals surface area contributed by atoms with Crippen molar-refractivity contribution in [2.45, 2.75) is 44.7 Å². The molecule has 3 aromatic rings. The largest absolute Gasteiger partial charge is 0.477 e. The van der Waals surface area contributed by atoms with E-state index in [0.29, 0.717) is 54.7 Å². The summed E-state index contributed by atoms with van der Waals surface area (Å²) < 4.78 is 47.9. The van der Waals surface area contributed by atoms with E-state index in [4.69, 9.17) is 16.3 Å². The molecule has 5 rings (SSSR count). The van der Waals surface area contributed by atoms with Crippen LogP contribution in [0.5, 0.6) is 5.88 Å². The zero-order valence-electron chi connectivity index (χ0n) is 17.4. The van der Waals surface area contributed by atoms with Crippen LogP contribution in [0.2, 0.25) is 5.02 Å². The average molecular weight is 467 g/mol. The number of pyridine rings is 1. The Balaban J connectivity index is 1.48. The molecule has 2 fully saturated rings. The molecule has 1 saturated carbocycles. The third-order valence-electron chi connectivity index (χ3n) is 5.99. The zero-order chi connectivity index (χ0) is 22.5. The fraction of sp³-hybridized carbons (Fsp3) is 0.524. The van der Waals surface area contributed by atoms with Gasteiger partial charge in [-0.3, -0.25) is 4.40 Å². The van der Waals surface area contributed by atoms with Gasteiger partial charge in [0.1, 0.15) is 16.4 Å². The predicted molar refractivity (Wildman–Crippen MR) is 112 cm³/mol. The molecule has 0 amide bonds. The highest BCUT2D eigenvalue weighted by molar-refractivity contribution is 6.31. The molecule has 1 atom stereocenters. The van der Waals surface area contributed by atoms with Crippen LogP contribution >= 0.6 is 11.6 Å². The van der Waals surface area contributed by atoms with Crippen molar-refractivity contribution in [3.8, 4) is 5.88 Å². The molecule has 11 heteroatoms. The summed E-state index contributed by atoms with van der Waals surface area (Å²) in [6, 6.07) is 2.69. The summed E-state index contributed by atoms with van der Waals surface area (Å²) in [5.74, 6) is 1.88. The summed E-state index contributed by atoms with van der Waals surface area (Å²) in [5.41, 5.74) is -0.0892. The second-order valence-electron chi connectivity index (χ2n) is 8.28. The first-order valence-corrected chi connectivity index (χ1v) is 11.1. The van der Waals surface area contributed by atoms with Gasteiger partial charge in [0.2, 0.25) is 11.8 Å². The topological polar surface area (TPSA) is 68.4 Å². The summed E-state index contributed by atoms with van der Waals surface area (Å²) in [5, 5.41) is 8.42. The van der Waals surface area contributed by atoms with Gasteiger partial charge in [-0.1, -0.05) is 11.6 Å². The van der Waals surface area contributed by atoms with Crippen molar-refractivity contribution in [1.82, 2.24) is 24.6 Å². The molecule has 0 spiro atoms. The van der Waals surface area contributed by atoms with Crippen molar-refractivity contribution in [2.75, 3.05) is 24.6 Å². The number of hydrogen-bond acceptors (Lipinski definition) is 6. The molecule has 0 aromatic carbocycles. The van der Waals surface area contributed by atoms with Gasteiger partial charge >= 0.3 is 6.18 Å². The average Bonchev–Trinajstić information content (AvgIpc) is 3.26. The second-order valence-corrected chi connectivity index (χ2v) is 8.69. The first kappa shape index (κ1) is 21.2. The molecular formula is C21H22ClF3N6O. The Bertz CT molecular complexity index is 1150. The van der Waals surface area contributed by atoms with E-state index in [2.05, 4.69) is 20.2 Å². The number of hydrogen-bond donors (Lipinski definition) is 0. The Morgan fingerprint density at radius 1 is 1.19 bits per heavy atom. The number of fused-ring (bicyclic) bond motifs is 1. The maximum Gasteiger partial charge on any atom is 0.420 e. The van der Waals surface area contributed by atoms with Crippen molar-refractivity contribution >= 4 is 23.2 Å². The first-order valence-electron chi connectivity index (χ1n) is 10.7. The molecule has 0 N–H and O–H groups in total. The smallest absolute Gasteiger partial charge is 0.420 e. The van der Waals surface area contributed by atoms with Crippen LogP contribution in [0.4, 0.5) is 19.1 Å². The van der Waals surface area contributed by atoms with E-state index >= 15 is 0 Å². The number of alkyl halides is 3. The van der Waals surface area contributed by atoms with Gasteiger partial charge in [0.15, 0.2) is 5.65 Å². The SMILES string of the molecule is CCOc1nc(N2CC[C@H](c3ccc(C(F)(F)F)c4nnc(CC5CC5)n34)C2)ncc1Cl. The minimum atomic E-state index is -4.49. The van der Waals surface area contributed by atoms with Gasteiger partial charge in [-0.25, -0.2) is 4.98 Å². The highest BCUT2D eigenvalue weighted by Gasteiger charge is 2.37. The molecule has 1 aliphatic carbocycles. The number of anilines is 1. The molecular weight excluding hydrogens is 445 g/mol. The van der Waals surface area contributed by atoms with E-state index < -0.39 is 11.7 Å². The number of nitrogens with zero attached hydrogens (tertiary/aromatic N) is 6. The van der Waals surface area contributed by atoms with Crippen molar-refractivity contribution in [3.05, 3.63) is 40.4 Å². The van der Waals surface area contributed by atoms with Crippen molar-refractivity contribution < 1.29 is 17.9 Å². The van der Waals surface area contributed by atoms with E-state index in [1.807, 2.05) is 11.8 Å². The van der Waals surface area contributed by atoms with Crippen LogP contribution in [0.3, 0.4) is 0 Å². The number of halogens is 4. The number of aromatic nitrogens is 5.